The van der Waals surface area contributed by atoms with Crippen molar-refractivity contribution in [1.29, 1.82) is 0 Å². The molecule has 5 rings (SSSR count). The number of hydrogen-bond donors (Lipinski definition) is 4. The number of aliphatic hydroxyl groups excluding tert-OH is 1. The number of ether oxygens (including phenoxy) is 3. The summed E-state index contributed by atoms with van der Waals surface area (Å²) in [6.07, 6.45) is 4.20. The Morgan fingerprint density at radius 3 is 2.57 bits per heavy atom. The first-order valence-electron chi connectivity index (χ1n) is 15.9. The van der Waals surface area contributed by atoms with Gasteiger partial charge in [-0.05, 0) is 37.3 Å². The quantitative estimate of drug-likeness (QED) is 0.358. The van der Waals surface area contributed by atoms with Crippen molar-refractivity contribution >= 4 is 34.7 Å². The number of rotatable bonds is 6. The number of carbonyl (C=O) groups is 4. The summed E-state index contributed by atoms with van der Waals surface area (Å²) < 4.78 is 16.7. The van der Waals surface area contributed by atoms with Crippen LogP contribution in [0.4, 0.5) is 0 Å². The fourth-order valence-corrected chi connectivity index (χ4v) is 6.33. The minimum absolute atomic E-state index is 0.0499. The summed E-state index contributed by atoms with van der Waals surface area (Å²) in [6, 6.07) is 6.90. The number of carbonyl (C=O) groups excluding carboxylic acids is 4. The van der Waals surface area contributed by atoms with E-state index < -0.39 is 48.0 Å². The molecule has 0 spiro atoms. The highest BCUT2D eigenvalue weighted by molar-refractivity contribution is 6.00. The molecule has 4 atom stereocenters. The molecule has 2 amide bonds. The van der Waals surface area contributed by atoms with Crippen molar-refractivity contribution in [2.75, 3.05) is 39.5 Å². The van der Waals surface area contributed by atoms with E-state index in [2.05, 4.69) is 20.5 Å². The molecule has 12 nitrogen and oxygen atoms in total. The summed E-state index contributed by atoms with van der Waals surface area (Å²) >= 11 is 0. The van der Waals surface area contributed by atoms with E-state index in [4.69, 9.17) is 14.2 Å². The van der Waals surface area contributed by atoms with Crippen molar-refractivity contribution in [3.05, 3.63) is 36.0 Å². The first kappa shape index (κ1) is 31.9. The van der Waals surface area contributed by atoms with Gasteiger partial charge in [-0.3, -0.25) is 19.3 Å². The average molecular weight is 613 g/mol. The number of aromatic nitrogens is 1. The first-order chi connectivity index (χ1) is 21.4. The number of benzene rings is 1. The van der Waals surface area contributed by atoms with Crippen LogP contribution in [0.15, 0.2) is 30.3 Å². The number of morpholine rings is 1. The molecule has 1 aliphatic carbocycles. The van der Waals surface area contributed by atoms with E-state index in [0.29, 0.717) is 52.1 Å². The average Bonchev–Trinajstić information content (AvgIpc) is 3.47. The van der Waals surface area contributed by atoms with Gasteiger partial charge >= 0.3 is 11.9 Å². The lowest BCUT2D eigenvalue weighted by Gasteiger charge is -2.33. The largest absolute Gasteiger partial charge is 0.463 e. The molecule has 1 aromatic heterocycles. The van der Waals surface area contributed by atoms with Crippen molar-refractivity contribution in [2.24, 2.45) is 5.92 Å². The number of nitrogens with one attached hydrogen (secondary N) is 3. The topological polar surface area (TPSA) is 159 Å². The molecule has 240 valence electrons. The van der Waals surface area contributed by atoms with Crippen LogP contribution in [0.3, 0.4) is 0 Å². The monoisotopic (exact) mass is 612 g/mol. The van der Waals surface area contributed by atoms with Gasteiger partial charge in [0, 0.05) is 37.0 Å². The maximum atomic E-state index is 13.7. The van der Waals surface area contributed by atoms with E-state index >= 15 is 0 Å². The molecule has 0 radical (unpaired) electrons. The maximum absolute atomic E-state index is 13.7. The lowest BCUT2D eigenvalue weighted by atomic mass is 9.83. The highest BCUT2D eigenvalue weighted by Crippen LogP contribution is 2.28. The van der Waals surface area contributed by atoms with Crippen LogP contribution in [0.1, 0.15) is 68.3 Å². The first-order valence-corrected chi connectivity index (χ1v) is 15.9. The number of para-hydroxylation sites is 1. The number of esters is 2. The summed E-state index contributed by atoms with van der Waals surface area (Å²) in [7, 11) is 0. The second-order valence-electron chi connectivity index (χ2n) is 12.1. The Balaban J connectivity index is 1.33. The van der Waals surface area contributed by atoms with E-state index in [1.807, 2.05) is 24.3 Å². The number of H-pyrrole nitrogens is 1. The Bertz CT molecular complexity index is 1250. The van der Waals surface area contributed by atoms with Gasteiger partial charge in [-0.25, -0.2) is 4.79 Å². The molecule has 3 aliphatic rings. The van der Waals surface area contributed by atoms with E-state index in [1.165, 1.54) is 0 Å². The SMILES string of the molecule is O=C1CCCC(CN2CCOCC2)OC(=O)[C@H](O)[C@H](CC2CCCCC2)NC(=O)C(NC(=O)c2cc3ccccc3[nH]2)CO1. The standard InChI is InChI=1S/C32H44N4O8/c37-28-12-6-10-23(19-36-13-15-42-16-14-36)44-32(41)29(38)25(17-21-7-2-1-3-8-21)34-31(40)27(20-43-28)35-30(39)26-18-22-9-4-5-11-24(22)33-26/h4-5,9,11,18,21,23,25,27,29,33,38H,1-3,6-8,10,12-17,19-20H2,(H,34,40)(H,35,39)/t23?,25-,27?,29+/m0/s1. The van der Waals surface area contributed by atoms with Crippen molar-refractivity contribution < 1.29 is 38.5 Å². The van der Waals surface area contributed by atoms with Crippen LogP contribution in [0.2, 0.25) is 0 Å². The number of fused-ring (bicyclic) bond motifs is 1. The molecule has 12 heteroatoms. The minimum atomic E-state index is -1.59. The Morgan fingerprint density at radius 2 is 1.80 bits per heavy atom. The Kier molecular flexibility index (Phi) is 11.2. The summed E-state index contributed by atoms with van der Waals surface area (Å²) in [5.74, 6) is -2.31. The third kappa shape index (κ3) is 8.80. The highest BCUT2D eigenvalue weighted by Gasteiger charge is 2.36. The van der Waals surface area contributed by atoms with Crippen LogP contribution >= 0.6 is 0 Å². The molecule has 3 heterocycles. The summed E-state index contributed by atoms with van der Waals surface area (Å²) in [5, 5.41) is 17.6. The normalized spacial score (nSPS) is 27.2. The molecule has 2 unspecified atom stereocenters. The van der Waals surface area contributed by atoms with Crippen molar-refractivity contribution in [1.82, 2.24) is 20.5 Å². The molecule has 3 fully saturated rings. The summed E-state index contributed by atoms with van der Waals surface area (Å²) in [6.45, 7) is 2.64. The number of aliphatic hydroxyl groups is 1. The molecule has 4 N–H and O–H groups in total. The van der Waals surface area contributed by atoms with E-state index in [0.717, 1.165) is 43.0 Å². The molecule has 2 saturated heterocycles. The van der Waals surface area contributed by atoms with Crippen LogP contribution in [-0.4, -0.2) is 102 Å². The van der Waals surface area contributed by atoms with Gasteiger partial charge < -0.3 is 34.9 Å². The smallest absolute Gasteiger partial charge is 0.337 e. The van der Waals surface area contributed by atoms with Gasteiger partial charge in [0.1, 0.15) is 24.4 Å². The minimum Gasteiger partial charge on any atom is -0.463 e. The maximum Gasteiger partial charge on any atom is 0.337 e. The highest BCUT2D eigenvalue weighted by atomic mass is 16.6. The number of cyclic esters (lactones) is 2. The van der Waals surface area contributed by atoms with E-state index in [9.17, 15) is 24.3 Å². The lowest BCUT2D eigenvalue weighted by Crippen LogP contribution is -2.56. The van der Waals surface area contributed by atoms with E-state index in [1.54, 1.807) is 6.07 Å². The molecule has 1 saturated carbocycles. The Morgan fingerprint density at radius 1 is 1.02 bits per heavy atom. The van der Waals surface area contributed by atoms with Crippen LogP contribution in [-0.2, 0) is 28.6 Å². The van der Waals surface area contributed by atoms with Crippen LogP contribution in [0.25, 0.3) is 10.9 Å². The van der Waals surface area contributed by atoms with Crippen molar-refractivity contribution in [3.63, 3.8) is 0 Å². The van der Waals surface area contributed by atoms with Crippen LogP contribution in [0, 0.1) is 5.92 Å². The van der Waals surface area contributed by atoms with Gasteiger partial charge in [0.25, 0.3) is 5.91 Å². The third-order valence-electron chi connectivity index (χ3n) is 8.83. The molecule has 0 bridgehead atoms. The van der Waals surface area contributed by atoms with Crippen molar-refractivity contribution in [3.8, 4) is 0 Å². The van der Waals surface area contributed by atoms with Crippen LogP contribution in [0.5, 0.6) is 0 Å². The second-order valence-corrected chi connectivity index (χ2v) is 12.1. The zero-order valence-electron chi connectivity index (χ0n) is 25.1. The predicted molar refractivity (Wildman–Crippen MR) is 161 cm³/mol. The molecule has 2 aliphatic heterocycles. The molecular weight excluding hydrogens is 568 g/mol. The van der Waals surface area contributed by atoms with Gasteiger partial charge in [-0.1, -0.05) is 50.3 Å². The summed E-state index contributed by atoms with van der Waals surface area (Å²) in [4.78, 5) is 58.1. The van der Waals surface area contributed by atoms with Crippen molar-refractivity contribution in [2.45, 2.75) is 82.1 Å². The summed E-state index contributed by atoms with van der Waals surface area (Å²) in [5.41, 5.74) is 1.01. The van der Waals surface area contributed by atoms with Crippen LogP contribution < -0.4 is 10.6 Å². The Hall–Kier alpha value is -3.48. The van der Waals surface area contributed by atoms with Gasteiger partial charge in [-0.15, -0.1) is 0 Å². The number of aromatic amines is 1. The zero-order valence-corrected chi connectivity index (χ0v) is 25.1. The van der Waals surface area contributed by atoms with Gasteiger partial charge in [0.15, 0.2) is 6.10 Å². The third-order valence-corrected chi connectivity index (χ3v) is 8.83. The molecule has 44 heavy (non-hydrogen) atoms. The van der Waals surface area contributed by atoms with Gasteiger partial charge in [0.05, 0.1) is 19.3 Å². The van der Waals surface area contributed by atoms with Gasteiger partial charge in [0.2, 0.25) is 5.91 Å². The number of amides is 2. The number of hydrogen-bond acceptors (Lipinski definition) is 9. The zero-order chi connectivity index (χ0) is 30.9. The predicted octanol–water partition coefficient (Wildman–Crippen LogP) is 2.05. The number of nitrogens with zero attached hydrogens (tertiary/aromatic N) is 1. The second kappa shape index (κ2) is 15.5. The molecular formula is C32H44N4O8. The van der Waals surface area contributed by atoms with E-state index in [-0.39, 0.29) is 24.6 Å². The lowest BCUT2D eigenvalue weighted by molar-refractivity contribution is -0.163. The van der Waals surface area contributed by atoms with Gasteiger partial charge in [-0.2, -0.15) is 0 Å². The molecule has 2 aromatic rings. The Labute approximate surface area is 257 Å². The fraction of sp³-hybridized carbons (Fsp3) is 0.625. The fourth-order valence-electron chi connectivity index (χ4n) is 6.33. The molecule has 1 aromatic carbocycles.